The van der Waals surface area contributed by atoms with Gasteiger partial charge in [-0.2, -0.15) is 10.1 Å². The maximum atomic E-state index is 5.45. The van der Waals surface area contributed by atoms with Crippen LogP contribution in [0.3, 0.4) is 0 Å². The van der Waals surface area contributed by atoms with Crippen LogP contribution >= 0.6 is 0 Å². The standard InChI is InChI=1S/C14H22N6O/c1-9(2)10-7-11(20(4)17-10)14-16-13(18-21-14)12-8-15-5-6-19(12)3/h7,9,12,15H,5-6,8H2,1-4H3. The molecule has 0 aromatic carbocycles. The van der Waals surface area contributed by atoms with Crippen molar-refractivity contribution in [3.05, 3.63) is 17.6 Å². The number of nitrogens with one attached hydrogen (secondary N) is 1. The monoisotopic (exact) mass is 290 g/mol. The number of piperazine rings is 1. The van der Waals surface area contributed by atoms with Gasteiger partial charge in [-0.3, -0.25) is 9.58 Å². The maximum Gasteiger partial charge on any atom is 0.276 e. The molecule has 1 N–H and O–H groups in total. The fourth-order valence-corrected chi connectivity index (χ4v) is 2.54. The van der Waals surface area contributed by atoms with E-state index < -0.39 is 0 Å². The van der Waals surface area contributed by atoms with Crippen LogP contribution in [0.4, 0.5) is 0 Å². The van der Waals surface area contributed by atoms with Gasteiger partial charge >= 0.3 is 0 Å². The predicted molar refractivity (Wildman–Crippen MR) is 78.8 cm³/mol. The van der Waals surface area contributed by atoms with E-state index in [9.17, 15) is 0 Å². The molecule has 0 bridgehead atoms. The van der Waals surface area contributed by atoms with Crippen molar-refractivity contribution in [1.29, 1.82) is 0 Å². The third kappa shape index (κ3) is 2.71. The fraction of sp³-hybridized carbons (Fsp3) is 0.643. The Morgan fingerprint density at radius 1 is 1.38 bits per heavy atom. The van der Waals surface area contributed by atoms with Gasteiger partial charge in [-0.05, 0) is 19.0 Å². The number of likely N-dealkylation sites (N-methyl/N-ethyl adjacent to an activating group) is 1. The molecule has 3 rings (SSSR count). The van der Waals surface area contributed by atoms with Crippen molar-refractivity contribution in [3.8, 4) is 11.6 Å². The summed E-state index contributed by atoms with van der Waals surface area (Å²) in [4.78, 5) is 6.81. The Bertz CT molecular complexity index is 617. The van der Waals surface area contributed by atoms with Crippen molar-refractivity contribution >= 4 is 0 Å². The Morgan fingerprint density at radius 2 is 2.19 bits per heavy atom. The van der Waals surface area contributed by atoms with Crippen molar-refractivity contribution in [3.63, 3.8) is 0 Å². The van der Waals surface area contributed by atoms with Crippen LogP contribution in [0, 0.1) is 0 Å². The first-order valence-electron chi connectivity index (χ1n) is 7.35. The largest absolute Gasteiger partial charge is 0.332 e. The van der Waals surface area contributed by atoms with Crippen LogP contribution in [0.5, 0.6) is 0 Å². The Morgan fingerprint density at radius 3 is 2.86 bits per heavy atom. The van der Waals surface area contributed by atoms with Gasteiger partial charge in [0.1, 0.15) is 5.69 Å². The van der Waals surface area contributed by atoms with Gasteiger partial charge in [0, 0.05) is 26.7 Å². The first-order valence-corrected chi connectivity index (χ1v) is 7.35. The van der Waals surface area contributed by atoms with Crippen LogP contribution in [-0.4, -0.2) is 51.5 Å². The lowest BCUT2D eigenvalue weighted by molar-refractivity contribution is 0.190. The zero-order valence-corrected chi connectivity index (χ0v) is 13.0. The molecule has 3 heterocycles. The molecule has 1 fully saturated rings. The normalized spacial score (nSPS) is 20.3. The topological polar surface area (TPSA) is 72.0 Å². The maximum absolute atomic E-state index is 5.45. The molecule has 7 heteroatoms. The lowest BCUT2D eigenvalue weighted by Gasteiger charge is -2.30. The van der Waals surface area contributed by atoms with Gasteiger partial charge in [0.15, 0.2) is 5.82 Å². The Labute approximate surface area is 124 Å². The van der Waals surface area contributed by atoms with E-state index in [0.717, 1.165) is 36.8 Å². The third-order valence-corrected chi connectivity index (χ3v) is 3.96. The zero-order chi connectivity index (χ0) is 15.0. The van der Waals surface area contributed by atoms with Crippen LogP contribution in [0.25, 0.3) is 11.6 Å². The molecular formula is C14H22N6O. The highest BCUT2D eigenvalue weighted by molar-refractivity contribution is 5.48. The molecule has 2 aromatic rings. The van der Waals surface area contributed by atoms with Crippen molar-refractivity contribution < 1.29 is 4.52 Å². The smallest absolute Gasteiger partial charge is 0.276 e. The van der Waals surface area contributed by atoms with Gasteiger partial charge < -0.3 is 9.84 Å². The van der Waals surface area contributed by atoms with Gasteiger partial charge in [-0.15, -0.1) is 0 Å². The summed E-state index contributed by atoms with van der Waals surface area (Å²) in [6, 6.07) is 2.18. The molecule has 1 unspecified atom stereocenters. The van der Waals surface area contributed by atoms with Crippen molar-refractivity contribution in [2.45, 2.75) is 25.8 Å². The summed E-state index contributed by atoms with van der Waals surface area (Å²) >= 11 is 0. The minimum atomic E-state index is 0.161. The second-order valence-electron chi connectivity index (χ2n) is 5.89. The van der Waals surface area contributed by atoms with E-state index in [1.165, 1.54) is 0 Å². The molecule has 0 aliphatic carbocycles. The van der Waals surface area contributed by atoms with Crippen LogP contribution < -0.4 is 5.32 Å². The molecule has 21 heavy (non-hydrogen) atoms. The van der Waals surface area contributed by atoms with E-state index in [1.54, 1.807) is 4.68 Å². The predicted octanol–water partition coefficient (Wildman–Crippen LogP) is 1.17. The van der Waals surface area contributed by atoms with Crippen LogP contribution in [0.1, 0.15) is 37.3 Å². The van der Waals surface area contributed by atoms with Gasteiger partial charge in [-0.25, -0.2) is 0 Å². The van der Waals surface area contributed by atoms with E-state index >= 15 is 0 Å². The average molecular weight is 290 g/mol. The summed E-state index contributed by atoms with van der Waals surface area (Å²) < 4.78 is 7.25. The van der Waals surface area contributed by atoms with E-state index in [-0.39, 0.29) is 6.04 Å². The minimum Gasteiger partial charge on any atom is -0.332 e. The summed E-state index contributed by atoms with van der Waals surface area (Å²) in [6.07, 6.45) is 0. The fourth-order valence-electron chi connectivity index (χ4n) is 2.54. The Hall–Kier alpha value is -1.73. The van der Waals surface area contributed by atoms with Gasteiger partial charge in [0.25, 0.3) is 5.89 Å². The van der Waals surface area contributed by atoms with E-state index in [0.29, 0.717) is 11.8 Å². The van der Waals surface area contributed by atoms with Crippen LogP contribution in [0.2, 0.25) is 0 Å². The summed E-state index contributed by atoms with van der Waals surface area (Å²) in [5, 5.41) is 12.0. The summed E-state index contributed by atoms with van der Waals surface area (Å²) in [5.74, 6) is 1.64. The molecule has 114 valence electrons. The first-order chi connectivity index (χ1) is 10.1. The number of hydrogen-bond donors (Lipinski definition) is 1. The highest BCUT2D eigenvalue weighted by Gasteiger charge is 2.26. The highest BCUT2D eigenvalue weighted by Crippen LogP contribution is 2.24. The van der Waals surface area contributed by atoms with E-state index in [1.807, 2.05) is 13.1 Å². The lowest BCUT2D eigenvalue weighted by Crippen LogP contribution is -2.44. The molecule has 0 saturated carbocycles. The van der Waals surface area contributed by atoms with Crippen molar-refractivity contribution in [2.75, 3.05) is 26.7 Å². The van der Waals surface area contributed by atoms with Crippen LogP contribution in [-0.2, 0) is 7.05 Å². The molecule has 1 saturated heterocycles. The average Bonchev–Trinajstić information content (AvgIpc) is 3.05. The lowest BCUT2D eigenvalue weighted by atomic mass is 10.1. The van der Waals surface area contributed by atoms with Crippen molar-refractivity contribution in [2.24, 2.45) is 7.05 Å². The molecular weight excluding hydrogens is 268 g/mol. The molecule has 0 radical (unpaired) electrons. The Kier molecular flexibility index (Phi) is 3.77. The highest BCUT2D eigenvalue weighted by atomic mass is 16.5. The third-order valence-electron chi connectivity index (χ3n) is 3.96. The number of nitrogens with zero attached hydrogens (tertiary/aromatic N) is 5. The molecule has 0 amide bonds. The van der Waals surface area contributed by atoms with E-state index in [4.69, 9.17) is 4.52 Å². The summed E-state index contributed by atoms with van der Waals surface area (Å²) in [6.45, 7) is 7.06. The second kappa shape index (κ2) is 5.57. The summed E-state index contributed by atoms with van der Waals surface area (Å²) in [5.41, 5.74) is 1.90. The molecule has 2 aromatic heterocycles. The van der Waals surface area contributed by atoms with Gasteiger partial charge in [0.05, 0.1) is 11.7 Å². The van der Waals surface area contributed by atoms with E-state index in [2.05, 4.69) is 46.4 Å². The van der Waals surface area contributed by atoms with Gasteiger partial charge in [0.2, 0.25) is 0 Å². The van der Waals surface area contributed by atoms with Crippen LogP contribution in [0.15, 0.2) is 10.6 Å². The number of rotatable bonds is 3. The van der Waals surface area contributed by atoms with Crippen molar-refractivity contribution in [1.82, 2.24) is 30.1 Å². The van der Waals surface area contributed by atoms with Gasteiger partial charge in [-0.1, -0.05) is 19.0 Å². The summed E-state index contributed by atoms with van der Waals surface area (Å²) in [7, 11) is 3.99. The first kappa shape index (κ1) is 14.2. The minimum absolute atomic E-state index is 0.161. The number of aromatic nitrogens is 4. The quantitative estimate of drug-likeness (QED) is 0.915. The number of hydrogen-bond acceptors (Lipinski definition) is 6. The molecule has 0 spiro atoms. The SMILES string of the molecule is CC(C)c1cc(-c2nc(C3CNCCN3C)no2)n(C)n1. The molecule has 1 aliphatic heterocycles. The molecule has 7 nitrogen and oxygen atoms in total. The second-order valence-corrected chi connectivity index (χ2v) is 5.89. The molecule has 1 aliphatic rings. The Balaban J connectivity index is 1.87. The zero-order valence-electron chi connectivity index (χ0n) is 13.0. The molecule has 1 atom stereocenters. The number of aryl methyl sites for hydroxylation is 1.